The number of nitrogens with zero attached hydrogens (tertiary/aromatic N) is 1. The van der Waals surface area contributed by atoms with E-state index in [2.05, 4.69) is 30.9 Å². The number of hydrogen-bond donors (Lipinski definition) is 0. The molecule has 0 saturated carbocycles. The lowest BCUT2D eigenvalue weighted by molar-refractivity contribution is 0.341. The van der Waals surface area contributed by atoms with Gasteiger partial charge in [0.1, 0.15) is 11.5 Å². The van der Waals surface area contributed by atoms with Gasteiger partial charge in [-0.05, 0) is 74.7 Å². The van der Waals surface area contributed by atoms with Gasteiger partial charge in [-0.25, -0.2) is 8.42 Å². The van der Waals surface area contributed by atoms with E-state index in [9.17, 15) is 8.42 Å². The number of anilines is 1. The third kappa shape index (κ3) is 5.17. The number of aryl methyl sites for hydroxylation is 1. The molecule has 3 aromatic rings. The molecular weight excluding hydrogens is 434 g/mol. The van der Waals surface area contributed by atoms with Crippen LogP contribution in [0, 0.1) is 6.92 Å². The van der Waals surface area contributed by atoms with Gasteiger partial charge in [0.2, 0.25) is 0 Å². The Morgan fingerprint density at radius 1 is 0.879 bits per heavy atom. The van der Waals surface area contributed by atoms with Gasteiger partial charge in [0.15, 0.2) is 9.84 Å². The van der Waals surface area contributed by atoms with Gasteiger partial charge in [0.25, 0.3) is 0 Å². The molecular formula is C27H33NO4S. The molecule has 0 fully saturated rings. The Morgan fingerprint density at radius 3 is 2.09 bits per heavy atom. The summed E-state index contributed by atoms with van der Waals surface area (Å²) in [7, 11) is -1.87. The van der Waals surface area contributed by atoms with Crippen molar-refractivity contribution in [2.75, 3.05) is 38.0 Å². The van der Waals surface area contributed by atoms with Gasteiger partial charge in [-0.3, -0.25) is 0 Å². The van der Waals surface area contributed by atoms with Gasteiger partial charge in [-0.1, -0.05) is 18.2 Å². The second-order valence-electron chi connectivity index (χ2n) is 7.92. The lowest BCUT2D eigenvalue weighted by atomic mass is 9.90. The minimum atomic E-state index is -3.48. The third-order valence-electron chi connectivity index (χ3n) is 5.82. The molecule has 0 unspecified atom stereocenters. The van der Waals surface area contributed by atoms with Crippen molar-refractivity contribution in [2.24, 2.45) is 0 Å². The van der Waals surface area contributed by atoms with Crippen molar-refractivity contribution in [2.45, 2.75) is 32.6 Å². The molecule has 176 valence electrons. The Bertz CT molecular complexity index is 1210. The van der Waals surface area contributed by atoms with Crippen LogP contribution < -0.4 is 14.4 Å². The van der Waals surface area contributed by atoms with E-state index in [1.54, 1.807) is 13.2 Å². The lowest BCUT2D eigenvalue weighted by Crippen LogP contribution is -2.21. The number of ether oxygens (including phenoxy) is 2. The molecule has 0 bridgehead atoms. The van der Waals surface area contributed by atoms with E-state index < -0.39 is 9.84 Å². The predicted molar refractivity (Wildman–Crippen MR) is 136 cm³/mol. The molecule has 33 heavy (non-hydrogen) atoms. The fourth-order valence-electron chi connectivity index (χ4n) is 4.17. The molecule has 0 N–H and O–H groups in total. The van der Waals surface area contributed by atoms with E-state index in [0.717, 1.165) is 46.8 Å². The van der Waals surface area contributed by atoms with Crippen LogP contribution in [0.2, 0.25) is 0 Å². The van der Waals surface area contributed by atoms with Gasteiger partial charge in [-0.15, -0.1) is 0 Å². The molecule has 0 saturated heterocycles. The van der Waals surface area contributed by atoms with Gasteiger partial charge >= 0.3 is 0 Å². The molecule has 3 aromatic carbocycles. The number of sulfone groups is 1. The average Bonchev–Trinajstić information content (AvgIpc) is 2.80. The molecule has 6 heteroatoms. The summed E-state index contributed by atoms with van der Waals surface area (Å²) in [5, 5.41) is 0. The van der Waals surface area contributed by atoms with Crippen LogP contribution in [-0.4, -0.2) is 41.5 Å². The molecule has 5 nitrogen and oxygen atoms in total. The molecule has 0 aromatic heterocycles. The number of rotatable bonds is 9. The summed E-state index contributed by atoms with van der Waals surface area (Å²) in [6, 6.07) is 17.2. The van der Waals surface area contributed by atoms with Gasteiger partial charge < -0.3 is 14.4 Å². The van der Waals surface area contributed by atoms with Gasteiger partial charge in [-0.2, -0.15) is 0 Å². The van der Waals surface area contributed by atoms with Gasteiger partial charge in [0.05, 0.1) is 18.6 Å². The first-order valence-electron chi connectivity index (χ1n) is 11.2. The van der Waals surface area contributed by atoms with Crippen molar-refractivity contribution in [3.63, 3.8) is 0 Å². The second kappa shape index (κ2) is 10.3. The molecule has 0 spiro atoms. The maximum atomic E-state index is 12.8. The summed E-state index contributed by atoms with van der Waals surface area (Å²) >= 11 is 0. The van der Waals surface area contributed by atoms with E-state index >= 15 is 0 Å². The van der Waals surface area contributed by atoms with Gasteiger partial charge in [0, 0.05) is 42.2 Å². The Hall–Kier alpha value is -2.99. The monoisotopic (exact) mass is 467 g/mol. The first-order chi connectivity index (χ1) is 15.7. The van der Waals surface area contributed by atoms with Crippen LogP contribution in [0.4, 0.5) is 5.69 Å². The SMILES string of the molecule is CCOc1cc(N(CC)CC)ccc1-c1c(C)ccc(S(C)(=O)=O)c1-c1ccc(OC)cc1. The number of hydrogen-bond acceptors (Lipinski definition) is 5. The zero-order valence-electron chi connectivity index (χ0n) is 20.3. The maximum Gasteiger partial charge on any atom is 0.176 e. The Kier molecular flexibility index (Phi) is 7.69. The fraction of sp³-hybridized carbons (Fsp3) is 0.333. The maximum absolute atomic E-state index is 12.8. The Labute approximate surface area is 197 Å². The smallest absolute Gasteiger partial charge is 0.176 e. The van der Waals surface area contributed by atoms with E-state index in [1.807, 2.05) is 50.2 Å². The fourth-order valence-corrected chi connectivity index (χ4v) is 5.07. The first kappa shape index (κ1) is 24.6. The van der Waals surface area contributed by atoms with Crippen LogP contribution in [0.3, 0.4) is 0 Å². The minimum Gasteiger partial charge on any atom is -0.497 e. The number of methoxy groups -OCH3 is 1. The van der Waals surface area contributed by atoms with Crippen LogP contribution in [0.5, 0.6) is 11.5 Å². The molecule has 0 aliphatic heterocycles. The van der Waals surface area contributed by atoms with Crippen LogP contribution in [0.25, 0.3) is 22.3 Å². The molecule has 3 rings (SSSR count). The van der Waals surface area contributed by atoms with E-state index in [4.69, 9.17) is 9.47 Å². The highest BCUT2D eigenvalue weighted by molar-refractivity contribution is 7.90. The van der Waals surface area contributed by atoms with Crippen molar-refractivity contribution in [3.05, 3.63) is 60.2 Å². The van der Waals surface area contributed by atoms with Crippen LogP contribution in [-0.2, 0) is 9.84 Å². The van der Waals surface area contributed by atoms with Crippen LogP contribution in [0.15, 0.2) is 59.5 Å². The first-order valence-corrected chi connectivity index (χ1v) is 13.1. The normalized spacial score (nSPS) is 11.3. The zero-order chi connectivity index (χ0) is 24.2. The molecule has 0 aliphatic rings. The van der Waals surface area contributed by atoms with E-state index in [1.165, 1.54) is 6.26 Å². The van der Waals surface area contributed by atoms with Crippen molar-refractivity contribution in [1.82, 2.24) is 0 Å². The topological polar surface area (TPSA) is 55.8 Å². The highest BCUT2D eigenvalue weighted by Gasteiger charge is 2.23. The largest absolute Gasteiger partial charge is 0.497 e. The van der Waals surface area contributed by atoms with Crippen LogP contribution in [0.1, 0.15) is 26.3 Å². The summed E-state index contributed by atoms with van der Waals surface area (Å²) in [4.78, 5) is 2.56. The molecule has 0 heterocycles. The summed E-state index contributed by atoms with van der Waals surface area (Å²) in [5.74, 6) is 1.46. The third-order valence-corrected chi connectivity index (χ3v) is 6.96. The molecule has 0 amide bonds. The number of benzene rings is 3. The molecule has 0 radical (unpaired) electrons. The highest BCUT2D eigenvalue weighted by Crippen LogP contribution is 2.44. The second-order valence-corrected chi connectivity index (χ2v) is 9.90. The van der Waals surface area contributed by atoms with Crippen molar-refractivity contribution >= 4 is 15.5 Å². The molecule has 0 atom stereocenters. The Morgan fingerprint density at radius 2 is 1.55 bits per heavy atom. The zero-order valence-corrected chi connectivity index (χ0v) is 21.1. The van der Waals surface area contributed by atoms with Crippen LogP contribution >= 0.6 is 0 Å². The van der Waals surface area contributed by atoms with Crippen molar-refractivity contribution in [3.8, 4) is 33.8 Å². The Balaban J connectivity index is 2.36. The standard InChI is InChI=1S/C27H33NO4S/c1-7-28(8-2)21-13-16-23(24(18-21)32-9-3)26-19(4)10-17-25(33(6,29)30)27(26)20-11-14-22(31-5)15-12-20/h10-18H,7-9H2,1-6H3. The van der Waals surface area contributed by atoms with Crippen molar-refractivity contribution < 1.29 is 17.9 Å². The lowest BCUT2D eigenvalue weighted by Gasteiger charge is -2.24. The van der Waals surface area contributed by atoms with Crippen molar-refractivity contribution in [1.29, 1.82) is 0 Å². The summed E-state index contributed by atoms with van der Waals surface area (Å²) in [6.07, 6.45) is 1.25. The summed E-state index contributed by atoms with van der Waals surface area (Å²) in [5.41, 5.74) is 5.28. The molecule has 0 aliphatic carbocycles. The quantitative estimate of drug-likeness (QED) is 0.387. The predicted octanol–water partition coefficient (Wildman–Crippen LogP) is 5.99. The minimum absolute atomic E-state index is 0.295. The van der Waals surface area contributed by atoms with E-state index in [0.29, 0.717) is 22.8 Å². The summed E-state index contributed by atoms with van der Waals surface area (Å²) < 4.78 is 37.0. The summed E-state index contributed by atoms with van der Waals surface area (Å²) in [6.45, 7) is 10.5. The highest BCUT2D eigenvalue weighted by atomic mass is 32.2. The van der Waals surface area contributed by atoms with E-state index in [-0.39, 0.29) is 0 Å². The average molecular weight is 468 g/mol.